The Hall–Kier alpha value is -1.97. The highest BCUT2D eigenvalue weighted by atomic mass is 19.4. The van der Waals surface area contributed by atoms with Crippen LogP contribution in [0, 0.1) is 0 Å². The van der Waals surface area contributed by atoms with Crippen molar-refractivity contribution in [3.8, 4) is 16.9 Å². The second kappa shape index (κ2) is 4.49. The SMILES string of the molecule is FC(F)(F)Oc1ccc(-c2ccccc2)cc1. The summed E-state index contributed by atoms with van der Waals surface area (Å²) in [5.74, 6) is -0.211. The van der Waals surface area contributed by atoms with Gasteiger partial charge in [-0.05, 0) is 23.3 Å². The van der Waals surface area contributed by atoms with E-state index in [0.717, 1.165) is 11.1 Å². The van der Waals surface area contributed by atoms with Gasteiger partial charge in [0.1, 0.15) is 5.75 Å². The summed E-state index contributed by atoms with van der Waals surface area (Å²) in [5.41, 5.74) is 1.80. The van der Waals surface area contributed by atoms with Crippen molar-refractivity contribution in [2.45, 2.75) is 6.36 Å². The summed E-state index contributed by atoms with van der Waals surface area (Å²) in [6.07, 6.45) is -4.64. The maximum absolute atomic E-state index is 11.9. The van der Waals surface area contributed by atoms with Crippen molar-refractivity contribution in [2.75, 3.05) is 0 Å². The molecule has 0 bridgehead atoms. The average Bonchev–Trinajstić information content (AvgIpc) is 2.29. The minimum Gasteiger partial charge on any atom is -0.406 e. The quantitative estimate of drug-likeness (QED) is 0.759. The number of hydrogen-bond acceptors (Lipinski definition) is 1. The molecule has 0 atom stereocenters. The van der Waals surface area contributed by atoms with Crippen molar-refractivity contribution in [2.24, 2.45) is 0 Å². The summed E-state index contributed by atoms with van der Waals surface area (Å²) < 4.78 is 39.6. The largest absolute Gasteiger partial charge is 0.573 e. The summed E-state index contributed by atoms with van der Waals surface area (Å²) in [7, 11) is 0. The molecule has 17 heavy (non-hydrogen) atoms. The first-order valence-electron chi connectivity index (χ1n) is 4.96. The molecule has 2 aromatic rings. The van der Waals surface area contributed by atoms with E-state index in [2.05, 4.69) is 4.74 Å². The minimum atomic E-state index is -4.64. The van der Waals surface area contributed by atoms with Crippen LogP contribution in [-0.4, -0.2) is 6.36 Å². The van der Waals surface area contributed by atoms with E-state index in [1.165, 1.54) is 12.1 Å². The Balaban J connectivity index is 2.19. The molecule has 0 fully saturated rings. The lowest BCUT2D eigenvalue weighted by Crippen LogP contribution is -2.16. The van der Waals surface area contributed by atoms with Crippen LogP contribution in [0.25, 0.3) is 11.1 Å². The van der Waals surface area contributed by atoms with Gasteiger partial charge in [0, 0.05) is 0 Å². The van der Waals surface area contributed by atoms with Crippen molar-refractivity contribution in [3.63, 3.8) is 0 Å². The molecule has 2 aromatic carbocycles. The van der Waals surface area contributed by atoms with Gasteiger partial charge in [0.2, 0.25) is 0 Å². The zero-order valence-corrected chi connectivity index (χ0v) is 8.74. The molecule has 0 aliphatic carbocycles. The molecule has 0 saturated heterocycles. The highest BCUT2D eigenvalue weighted by molar-refractivity contribution is 5.63. The van der Waals surface area contributed by atoms with Crippen LogP contribution in [0.3, 0.4) is 0 Å². The predicted octanol–water partition coefficient (Wildman–Crippen LogP) is 4.25. The van der Waals surface area contributed by atoms with Gasteiger partial charge >= 0.3 is 6.36 Å². The van der Waals surface area contributed by atoms with Crippen LogP contribution in [0.15, 0.2) is 54.6 Å². The van der Waals surface area contributed by atoms with Gasteiger partial charge in [-0.3, -0.25) is 0 Å². The van der Waals surface area contributed by atoms with Gasteiger partial charge in [-0.15, -0.1) is 13.2 Å². The highest BCUT2D eigenvalue weighted by Gasteiger charge is 2.30. The summed E-state index contributed by atoms with van der Waals surface area (Å²) >= 11 is 0. The first-order valence-corrected chi connectivity index (χ1v) is 4.96. The average molecular weight is 238 g/mol. The lowest BCUT2D eigenvalue weighted by molar-refractivity contribution is -0.274. The number of alkyl halides is 3. The van der Waals surface area contributed by atoms with E-state index in [9.17, 15) is 13.2 Å². The number of ether oxygens (including phenoxy) is 1. The first kappa shape index (κ1) is 11.5. The molecule has 0 spiro atoms. The van der Waals surface area contributed by atoms with Crippen LogP contribution in [0.5, 0.6) is 5.75 Å². The Bertz CT molecular complexity index is 474. The molecule has 1 nitrogen and oxygen atoms in total. The maximum atomic E-state index is 11.9. The van der Waals surface area contributed by atoms with E-state index in [-0.39, 0.29) is 5.75 Å². The molecule has 0 unspecified atom stereocenters. The third kappa shape index (κ3) is 3.24. The van der Waals surface area contributed by atoms with Gasteiger partial charge in [0.15, 0.2) is 0 Å². The molecule has 0 aliphatic rings. The van der Waals surface area contributed by atoms with E-state index >= 15 is 0 Å². The Labute approximate surface area is 96.5 Å². The minimum absolute atomic E-state index is 0.211. The molecule has 0 amide bonds. The molecular weight excluding hydrogens is 229 g/mol. The topological polar surface area (TPSA) is 9.23 Å². The van der Waals surface area contributed by atoms with Crippen LogP contribution in [-0.2, 0) is 0 Å². The van der Waals surface area contributed by atoms with Gasteiger partial charge in [0.05, 0.1) is 0 Å². The maximum Gasteiger partial charge on any atom is 0.573 e. The zero-order chi connectivity index (χ0) is 12.3. The lowest BCUT2D eigenvalue weighted by Gasteiger charge is -2.09. The highest BCUT2D eigenvalue weighted by Crippen LogP contribution is 2.26. The third-order valence-electron chi connectivity index (χ3n) is 2.20. The van der Waals surface area contributed by atoms with Crippen molar-refractivity contribution >= 4 is 0 Å². The van der Waals surface area contributed by atoms with Crippen molar-refractivity contribution in [3.05, 3.63) is 54.6 Å². The van der Waals surface area contributed by atoms with Crippen molar-refractivity contribution < 1.29 is 17.9 Å². The van der Waals surface area contributed by atoms with Crippen LogP contribution >= 0.6 is 0 Å². The smallest absolute Gasteiger partial charge is 0.406 e. The van der Waals surface area contributed by atoms with Gasteiger partial charge in [0.25, 0.3) is 0 Å². The van der Waals surface area contributed by atoms with Crippen LogP contribution in [0.4, 0.5) is 13.2 Å². The fourth-order valence-corrected chi connectivity index (χ4v) is 1.48. The van der Waals surface area contributed by atoms with E-state index < -0.39 is 6.36 Å². The number of hydrogen-bond donors (Lipinski definition) is 0. The number of halogens is 3. The van der Waals surface area contributed by atoms with E-state index in [4.69, 9.17) is 0 Å². The molecule has 0 aromatic heterocycles. The monoisotopic (exact) mass is 238 g/mol. The number of benzene rings is 2. The Kier molecular flexibility index (Phi) is 3.04. The molecule has 4 heteroatoms. The van der Waals surface area contributed by atoms with Crippen molar-refractivity contribution in [1.29, 1.82) is 0 Å². The van der Waals surface area contributed by atoms with Crippen LogP contribution in [0.2, 0.25) is 0 Å². The second-order valence-electron chi connectivity index (χ2n) is 3.44. The molecule has 0 N–H and O–H groups in total. The van der Waals surface area contributed by atoms with Crippen molar-refractivity contribution in [1.82, 2.24) is 0 Å². The first-order chi connectivity index (χ1) is 8.04. The molecule has 2 rings (SSSR count). The van der Waals surface area contributed by atoms with E-state index in [0.29, 0.717) is 0 Å². The van der Waals surface area contributed by atoms with E-state index in [1.807, 2.05) is 30.3 Å². The Morgan fingerprint density at radius 2 is 1.24 bits per heavy atom. The Morgan fingerprint density at radius 1 is 0.706 bits per heavy atom. The summed E-state index contributed by atoms with van der Waals surface area (Å²) in [6.45, 7) is 0. The van der Waals surface area contributed by atoms with Gasteiger partial charge in [-0.2, -0.15) is 0 Å². The van der Waals surface area contributed by atoms with Gasteiger partial charge in [-0.25, -0.2) is 0 Å². The molecular formula is C13H9F3O. The summed E-state index contributed by atoms with van der Waals surface area (Å²) in [5, 5.41) is 0. The second-order valence-corrected chi connectivity index (χ2v) is 3.44. The molecule has 88 valence electrons. The molecule has 0 radical (unpaired) electrons. The van der Waals surface area contributed by atoms with Gasteiger partial charge < -0.3 is 4.74 Å². The zero-order valence-electron chi connectivity index (χ0n) is 8.74. The molecule has 0 aliphatic heterocycles. The standard InChI is InChI=1S/C13H9F3O/c14-13(15,16)17-12-8-6-11(7-9-12)10-4-2-1-3-5-10/h1-9H. The fraction of sp³-hybridized carbons (Fsp3) is 0.0769. The third-order valence-corrected chi connectivity index (χ3v) is 2.20. The molecule has 0 heterocycles. The summed E-state index contributed by atoms with van der Waals surface area (Å²) in [6, 6.07) is 15.2. The fourth-order valence-electron chi connectivity index (χ4n) is 1.48. The van der Waals surface area contributed by atoms with Crippen LogP contribution in [0.1, 0.15) is 0 Å². The molecule has 0 saturated carbocycles. The van der Waals surface area contributed by atoms with Gasteiger partial charge in [-0.1, -0.05) is 42.5 Å². The Morgan fingerprint density at radius 3 is 1.76 bits per heavy atom. The summed E-state index contributed by atoms with van der Waals surface area (Å²) in [4.78, 5) is 0. The van der Waals surface area contributed by atoms with Crippen LogP contribution < -0.4 is 4.74 Å². The lowest BCUT2D eigenvalue weighted by atomic mass is 10.1. The van der Waals surface area contributed by atoms with E-state index in [1.54, 1.807) is 12.1 Å². The predicted molar refractivity (Wildman–Crippen MR) is 58.6 cm³/mol. The normalized spacial score (nSPS) is 11.2. The number of rotatable bonds is 2.